The first-order chi connectivity index (χ1) is 37.5. The molecule has 1 aromatic carbocycles. The van der Waals surface area contributed by atoms with Gasteiger partial charge in [-0.25, -0.2) is 0 Å². The van der Waals surface area contributed by atoms with Crippen LogP contribution < -0.4 is 0 Å². The van der Waals surface area contributed by atoms with Gasteiger partial charge < -0.3 is 5.11 Å². The molecule has 1 aromatic rings. The molecule has 438 valence electrons. The third kappa shape index (κ3) is 32.2. The molecule has 0 amide bonds. The molecule has 0 aromatic heterocycles. The number of unbranched alkanes of at least 4 members (excludes halogenated alkanes) is 40. The number of hydrogen-bond acceptors (Lipinski definition) is 3. The highest BCUT2D eigenvalue weighted by Crippen LogP contribution is 2.40. The number of benzene rings is 1. The van der Waals surface area contributed by atoms with Gasteiger partial charge in [0.2, 0.25) is 0 Å². The molecule has 0 bridgehead atoms. The Labute approximate surface area is 475 Å². The van der Waals surface area contributed by atoms with Gasteiger partial charge in [0.25, 0.3) is 0 Å². The van der Waals surface area contributed by atoms with E-state index in [0.29, 0.717) is 11.8 Å². The maximum Gasteiger partial charge on any atom is 0.116 e. The van der Waals surface area contributed by atoms with Crippen molar-refractivity contribution < 1.29 is 5.11 Å². The lowest BCUT2D eigenvalue weighted by Gasteiger charge is -2.37. The van der Waals surface area contributed by atoms with Crippen molar-refractivity contribution in [2.75, 3.05) is 26.2 Å². The van der Waals surface area contributed by atoms with Gasteiger partial charge in [-0.05, 0) is 107 Å². The molecule has 3 nitrogen and oxygen atoms in total. The molecule has 2 unspecified atom stereocenters. The standard InChI is InChI=1S/C73H130N2O/c1-6-10-14-18-22-26-30-34-38-42-50-62-74(63-51-43-39-35-31-27-23-19-15-11-7-2)72(69-55-47-46-54-66(69)5)67-58-60-68(61-59-67)73(70-56-48-49-57-71(70)76)75(64-52-44-40-36-32-28-24-20-16-12-8-3)65-53-45-41-37-33-29-25-21-17-13-9-4/h47,55-61,72-73,76H,6-46,48-54,62-65H2,1-5H3. The summed E-state index contributed by atoms with van der Waals surface area (Å²) >= 11 is 0. The summed E-state index contributed by atoms with van der Waals surface area (Å²) in [6, 6.07) is 10.5. The molecular formula is C73H130N2O. The summed E-state index contributed by atoms with van der Waals surface area (Å²) < 4.78 is 0. The second kappa shape index (κ2) is 48.8. The van der Waals surface area contributed by atoms with E-state index in [9.17, 15) is 5.11 Å². The Bertz CT molecular complexity index is 1530. The van der Waals surface area contributed by atoms with E-state index >= 15 is 0 Å². The summed E-state index contributed by atoms with van der Waals surface area (Å²) in [5.41, 5.74) is 7.14. The molecule has 2 aliphatic rings. The van der Waals surface area contributed by atoms with Crippen molar-refractivity contribution in [2.24, 2.45) is 0 Å². The van der Waals surface area contributed by atoms with Crippen LogP contribution in [0.3, 0.4) is 0 Å². The number of rotatable bonds is 54. The summed E-state index contributed by atoms with van der Waals surface area (Å²) in [5, 5.41) is 11.7. The molecule has 2 atom stereocenters. The largest absolute Gasteiger partial charge is 0.508 e. The van der Waals surface area contributed by atoms with Gasteiger partial charge in [-0.15, -0.1) is 0 Å². The van der Waals surface area contributed by atoms with Crippen LogP contribution in [0.15, 0.2) is 71.0 Å². The zero-order chi connectivity index (χ0) is 54.2. The summed E-state index contributed by atoms with van der Waals surface area (Å²) in [7, 11) is 0. The normalized spacial score (nSPS) is 14.8. The Hall–Kier alpha value is -2.10. The lowest BCUT2D eigenvalue weighted by atomic mass is 9.86. The van der Waals surface area contributed by atoms with Crippen molar-refractivity contribution >= 4 is 0 Å². The molecule has 0 saturated heterocycles. The van der Waals surface area contributed by atoms with Crippen LogP contribution in [-0.2, 0) is 0 Å². The molecule has 0 spiro atoms. The van der Waals surface area contributed by atoms with E-state index in [1.54, 1.807) is 11.1 Å². The minimum Gasteiger partial charge on any atom is -0.508 e. The first-order valence-corrected chi connectivity index (χ1v) is 34.6. The maximum atomic E-state index is 11.7. The smallest absolute Gasteiger partial charge is 0.116 e. The predicted octanol–water partition coefficient (Wildman–Crippen LogP) is 24.4. The summed E-state index contributed by atoms with van der Waals surface area (Å²) in [5.74, 6) is 0.527. The van der Waals surface area contributed by atoms with E-state index in [1.165, 1.54) is 320 Å². The van der Waals surface area contributed by atoms with Gasteiger partial charge in [-0.3, -0.25) is 9.80 Å². The van der Waals surface area contributed by atoms with E-state index in [-0.39, 0.29) is 6.04 Å². The lowest BCUT2D eigenvalue weighted by Crippen LogP contribution is -2.34. The molecule has 0 fully saturated rings. The second-order valence-electron chi connectivity index (χ2n) is 24.7. The fraction of sp³-hybridized carbons (Fsp3) is 0.808. The Morgan fingerprint density at radius 2 is 0.632 bits per heavy atom. The van der Waals surface area contributed by atoms with Crippen molar-refractivity contribution in [3.05, 3.63) is 82.2 Å². The Balaban J connectivity index is 1.83. The van der Waals surface area contributed by atoms with Crippen LogP contribution in [0.4, 0.5) is 0 Å². The Morgan fingerprint density at radius 3 is 0.934 bits per heavy atom. The number of aliphatic hydroxyl groups is 1. The molecule has 3 heteroatoms. The van der Waals surface area contributed by atoms with Gasteiger partial charge in [0.1, 0.15) is 5.76 Å². The summed E-state index contributed by atoms with van der Waals surface area (Å²) in [6.07, 6.45) is 74.7. The lowest BCUT2D eigenvalue weighted by molar-refractivity contribution is 0.204. The monoisotopic (exact) mass is 1050 g/mol. The fourth-order valence-electron chi connectivity index (χ4n) is 12.7. The SMILES string of the molecule is CCCCCCCCCCCCCN(CCCCCCCCCCCCC)C(C1=CCCC=C1O)c1ccc(C(C2=C(C)CCC=C2)N(CCCCCCCCCCCCC)CCCCCCCCCCCCC)cc1. The summed E-state index contributed by atoms with van der Waals surface area (Å²) in [6.45, 7) is 16.3. The minimum atomic E-state index is 0.0922. The first kappa shape index (κ1) is 68.2. The first-order valence-electron chi connectivity index (χ1n) is 34.6. The van der Waals surface area contributed by atoms with Crippen LogP contribution in [0.5, 0.6) is 0 Å². The third-order valence-electron chi connectivity index (χ3n) is 17.7. The molecule has 76 heavy (non-hydrogen) atoms. The molecule has 0 radical (unpaired) electrons. The third-order valence-corrected chi connectivity index (χ3v) is 17.7. The predicted molar refractivity (Wildman–Crippen MR) is 340 cm³/mol. The molecule has 0 aliphatic heterocycles. The van der Waals surface area contributed by atoms with E-state index < -0.39 is 0 Å². The van der Waals surface area contributed by atoms with Gasteiger partial charge in [0, 0.05) is 5.57 Å². The number of nitrogens with zero attached hydrogens (tertiary/aromatic N) is 2. The van der Waals surface area contributed by atoms with Crippen molar-refractivity contribution in [3.63, 3.8) is 0 Å². The highest BCUT2D eigenvalue weighted by atomic mass is 16.3. The average Bonchev–Trinajstić information content (AvgIpc) is 3.44. The zero-order valence-corrected chi connectivity index (χ0v) is 51.9. The van der Waals surface area contributed by atoms with E-state index in [4.69, 9.17) is 0 Å². The van der Waals surface area contributed by atoms with Crippen LogP contribution in [-0.4, -0.2) is 41.1 Å². The summed E-state index contributed by atoms with van der Waals surface area (Å²) in [4.78, 5) is 5.75. The highest BCUT2D eigenvalue weighted by molar-refractivity contribution is 5.44. The van der Waals surface area contributed by atoms with Gasteiger partial charge in [0.15, 0.2) is 0 Å². The average molecular weight is 1050 g/mol. The second-order valence-corrected chi connectivity index (χ2v) is 24.7. The van der Waals surface area contributed by atoms with Crippen LogP contribution in [0, 0.1) is 0 Å². The Kier molecular flexibility index (Phi) is 43.8. The van der Waals surface area contributed by atoms with E-state index in [2.05, 4.69) is 93.0 Å². The van der Waals surface area contributed by atoms with Crippen LogP contribution in [0.2, 0.25) is 0 Å². The van der Waals surface area contributed by atoms with Crippen LogP contribution in [0.1, 0.15) is 366 Å². The van der Waals surface area contributed by atoms with Crippen molar-refractivity contribution in [3.8, 4) is 0 Å². The maximum absolute atomic E-state index is 11.7. The number of hydrogen-bond donors (Lipinski definition) is 1. The fourth-order valence-corrected chi connectivity index (χ4v) is 12.7. The van der Waals surface area contributed by atoms with Crippen molar-refractivity contribution in [2.45, 2.75) is 355 Å². The molecule has 0 heterocycles. The van der Waals surface area contributed by atoms with Gasteiger partial charge in [-0.1, -0.05) is 333 Å². The topological polar surface area (TPSA) is 26.7 Å². The minimum absolute atomic E-state index is 0.0922. The van der Waals surface area contributed by atoms with Crippen molar-refractivity contribution in [1.29, 1.82) is 0 Å². The Morgan fingerprint density at radius 1 is 0.355 bits per heavy atom. The molecule has 0 saturated carbocycles. The quantitative estimate of drug-likeness (QED) is 0.0659. The van der Waals surface area contributed by atoms with E-state index in [1.807, 2.05) is 0 Å². The number of aliphatic hydroxyl groups excluding tert-OH is 1. The van der Waals surface area contributed by atoms with Gasteiger partial charge >= 0.3 is 0 Å². The molecule has 3 rings (SSSR count). The molecular weight excluding hydrogens is 921 g/mol. The number of allylic oxidation sites excluding steroid dienone is 4. The van der Waals surface area contributed by atoms with E-state index in [0.717, 1.165) is 31.5 Å². The molecule has 2 aliphatic carbocycles. The van der Waals surface area contributed by atoms with Crippen LogP contribution >= 0.6 is 0 Å². The van der Waals surface area contributed by atoms with Crippen LogP contribution in [0.25, 0.3) is 0 Å². The van der Waals surface area contributed by atoms with Gasteiger partial charge in [0.05, 0.1) is 12.1 Å². The van der Waals surface area contributed by atoms with Crippen molar-refractivity contribution in [1.82, 2.24) is 9.80 Å². The molecule has 1 N–H and O–H groups in total. The van der Waals surface area contributed by atoms with Gasteiger partial charge in [-0.2, -0.15) is 0 Å². The zero-order valence-electron chi connectivity index (χ0n) is 51.9. The highest BCUT2D eigenvalue weighted by Gasteiger charge is 2.30.